The largest absolute Gasteiger partial charge is 0.355 e. The summed E-state index contributed by atoms with van der Waals surface area (Å²) in [5.41, 5.74) is 15.3. The molecule has 1 aliphatic rings. The Morgan fingerprint density at radius 1 is 0.617 bits per heavy atom. The predicted molar refractivity (Wildman–Crippen MR) is 260 cm³/mol. The molecule has 4 nitrogen and oxygen atoms in total. The first kappa shape index (κ1) is 41.1. The molecule has 298 valence electrons. The molecule has 0 saturated carbocycles. The Balaban J connectivity index is 0.000000269. The lowest BCUT2D eigenvalue weighted by molar-refractivity contribution is 0.682. The van der Waals surface area contributed by atoms with Crippen molar-refractivity contribution >= 4 is 56.6 Å². The van der Waals surface area contributed by atoms with E-state index in [4.69, 9.17) is 9.97 Å². The molecular formula is C56H54N4. The van der Waals surface area contributed by atoms with E-state index in [1.54, 1.807) is 6.08 Å². The minimum Gasteiger partial charge on any atom is -0.355 e. The topological polar surface area (TPSA) is 44.8 Å². The van der Waals surface area contributed by atoms with Crippen LogP contribution in [0.3, 0.4) is 0 Å². The summed E-state index contributed by atoms with van der Waals surface area (Å²) in [5.74, 6) is 0. The average Bonchev–Trinajstić information content (AvgIpc) is 3.80. The van der Waals surface area contributed by atoms with Gasteiger partial charge in [0.1, 0.15) is 0 Å². The Morgan fingerprint density at radius 2 is 1.20 bits per heavy atom. The molecule has 0 radical (unpaired) electrons. The molecule has 0 spiro atoms. The molecule has 0 saturated heterocycles. The maximum absolute atomic E-state index is 5.06. The number of para-hydroxylation sites is 2. The number of aromatic amines is 1. The van der Waals surface area contributed by atoms with Gasteiger partial charge in [0.15, 0.2) is 0 Å². The number of anilines is 3. The Labute approximate surface area is 356 Å². The number of hydrogen-bond donors (Lipinski definition) is 1. The van der Waals surface area contributed by atoms with Crippen LogP contribution in [0.15, 0.2) is 183 Å². The SMILES string of the molecule is C=CCCC1=CC(C)(C)c2ccccc21.C=Cc1nc(-c2ccc(N(c3ccccc3)c3ccc4[nH]c5ccccc5c4c3)cc2)c(-c2ccccc2)nc1/C=C\C.CC. The van der Waals surface area contributed by atoms with Crippen LogP contribution in [0.2, 0.25) is 0 Å². The predicted octanol–water partition coefficient (Wildman–Crippen LogP) is 15.9. The minimum atomic E-state index is 0.201. The van der Waals surface area contributed by atoms with E-state index in [0.29, 0.717) is 0 Å². The second-order valence-corrected chi connectivity index (χ2v) is 15.1. The highest BCUT2D eigenvalue weighted by atomic mass is 15.1. The van der Waals surface area contributed by atoms with Crippen LogP contribution in [-0.2, 0) is 5.41 Å². The third-order valence-electron chi connectivity index (χ3n) is 10.8. The lowest BCUT2D eigenvalue weighted by atomic mass is 9.87. The van der Waals surface area contributed by atoms with Crippen LogP contribution in [0.1, 0.15) is 70.0 Å². The van der Waals surface area contributed by atoms with Gasteiger partial charge in [-0.25, -0.2) is 9.97 Å². The summed E-state index contributed by atoms with van der Waals surface area (Å²) < 4.78 is 0. The number of hydrogen-bond acceptors (Lipinski definition) is 3. The summed E-state index contributed by atoms with van der Waals surface area (Å²) in [5, 5.41) is 2.42. The van der Waals surface area contributed by atoms with Crippen molar-refractivity contribution in [3.8, 4) is 22.5 Å². The van der Waals surface area contributed by atoms with Crippen LogP contribution >= 0.6 is 0 Å². The fourth-order valence-corrected chi connectivity index (χ4v) is 8.04. The Bertz CT molecular complexity index is 2790. The van der Waals surface area contributed by atoms with Crippen molar-refractivity contribution in [1.29, 1.82) is 0 Å². The minimum absolute atomic E-state index is 0.201. The number of aromatic nitrogens is 3. The molecule has 0 amide bonds. The van der Waals surface area contributed by atoms with E-state index >= 15 is 0 Å². The number of benzene rings is 6. The van der Waals surface area contributed by atoms with Crippen molar-refractivity contribution in [2.24, 2.45) is 0 Å². The number of fused-ring (bicyclic) bond motifs is 4. The van der Waals surface area contributed by atoms with Gasteiger partial charge >= 0.3 is 0 Å². The van der Waals surface area contributed by atoms with Crippen molar-refractivity contribution in [2.45, 2.75) is 52.9 Å². The van der Waals surface area contributed by atoms with Crippen LogP contribution in [0.4, 0.5) is 17.1 Å². The van der Waals surface area contributed by atoms with E-state index in [-0.39, 0.29) is 5.41 Å². The maximum Gasteiger partial charge on any atom is 0.0973 e. The lowest BCUT2D eigenvalue weighted by Gasteiger charge is -2.26. The van der Waals surface area contributed by atoms with Gasteiger partial charge in [0.25, 0.3) is 0 Å². The second-order valence-electron chi connectivity index (χ2n) is 15.1. The number of allylic oxidation sites excluding steroid dienone is 4. The zero-order valence-corrected chi connectivity index (χ0v) is 35.5. The van der Waals surface area contributed by atoms with Gasteiger partial charge in [0.05, 0.1) is 22.8 Å². The molecule has 0 atom stereocenters. The molecule has 2 heterocycles. The molecular weight excluding hydrogens is 729 g/mol. The Morgan fingerprint density at radius 3 is 1.90 bits per heavy atom. The van der Waals surface area contributed by atoms with E-state index < -0.39 is 0 Å². The molecule has 8 aromatic rings. The van der Waals surface area contributed by atoms with Crippen molar-refractivity contribution in [3.05, 3.63) is 206 Å². The molecule has 4 heteroatoms. The smallest absolute Gasteiger partial charge is 0.0973 e. The molecule has 6 aromatic carbocycles. The number of nitrogens with zero attached hydrogens (tertiary/aromatic N) is 3. The third kappa shape index (κ3) is 8.55. The molecule has 1 N–H and O–H groups in total. The van der Waals surface area contributed by atoms with Gasteiger partial charge in [-0.1, -0.05) is 156 Å². The maximum atomic E-state index is 5.06. The molecule has 9 rings (SSSR count). The number of nitrogens with one attached hydrogen (secondary N) is 1. The van der Waals surface area contributed by atoms with Crippen molar-refractivity contribution in [3.63, 3.8) is 0 Å². The Hall–Kier alpha value is -7.04. The highest BCUT2D eigenvalue weighted by Crippen LogP contribution is 2.42. The summed E-state index contributed by atoms with van der Waals surface area (Å²) in [6.45, 7) is 18.3. The van der Waals surface area contributed by atoms with Crippen LogP contribution in [0.25, 0.3) is 62.0 Å². The van der Waals surface area contributed by atoms with Gasteiger partial charge in [-0.2, -0.15) is 0 Å². The summed E-state index contributed by atoms with van der Waals surface area (Å²) in [4.78, 5) is 15.9. The standard InChI is InChI=1S/C39H30N4.C15H18.C2H6/c1-3-13-37-34(4-2)41-39(38(42-37)27-14-7-5-8-15-27)28-20-22-30(23-21-28)43(29-16-9-6-10-17-29)31-24-25-36-33(26-31)32-18-11-12-19-35(32)40-36;1-4-5-8-12-11-15(2,3)14-10-7-6-9-13(12)14;1-2/h3-26,40H,2H2,1H3;4,6-7,9-11H,1,5,8H2,2-3H3;1-2H3/b13-3-;;. The molecule has 2 aromatic heterocycles. The summed E-state index contributed by atoms with van der Waals surface area (Å²) >= 11 is 0. The monoisotopic (exact) mass is 782 g/mol. The normalized spacial score (nSPS) is 12.5. The van der Waals surface area contributed by atoms with Gasteiger partial charge < -0.3 is 9.88 Å². The second kappa shape index (κ2) is 18.7. The van der Waals surface area contributed by atoms with Gasteiger partial charge in [-0.3, -0.25) is 0 Å². The molecule has 1 aliphatic carbocycles. The summed E-state index contributed by atoms with van der Waals surface area (Å²) in [7, 11) is 0. The first-order chi connectivity index (χ1) is 29.4. The average molecular weight is 783 g/mol. The molecule has 0 aliphatic heterocycles. The first-order valence-corrected chi connectivity index (χ1v) is 21.0. The van der Waals surface area contributed by atoms with Gasteiger partial charge in [0.2, 0.25) is 0 Å². The van der Waals surface area contributed by atoms with Gasteiger partial charge in [0, 0.05) is 55.4 Å². The van der Waals surface area contributed by atoms with E-state index in [1.165, 1.54) is 27.5 Å². The van der Waals surface area contributed by atoms with Crippen LogP contribution in [0.5, 0.6) is 0 Å². The zero-order chi connectivity index (χ0) is 42.1. The summed E-state index contributed by atoms with van der Waals surface area (Å²) in [6, 6.07) is 53.1. The highest BCUT2D eigenvalue weighted by Gasteiger charge is 2.28. The van der Waals surface area contributed by atoms with E-state index in [1.807, 2.05) is 63.3 Å². The zero-order valence-electron chi connectivity index (χ0n) is 35.5. The van der Waals surface area contributed by atoms with Crippen LogP contribution in [-0.4, -0.2) is 15.0 Å². The van der Waals surface area contributed by atoms with Crippen LogP contribution < -0.4 is 4.90 Å². The van der Waals surface area contributed by atoms with E-state index in [9.17, 15) is 0 Å². The third-order valence-corrected chi connectivity index (χ3v) is 10.8. The molecule has 0 unspecified atom stereocenters. The number of rotatable bonds is 10. The quantitative estimate of drug-likeness (QED) is 0.141. The Kier molecular flexibility index (Phi) is 12.8. The lowest BCUT2D eigenvalue weighted by Crippen LogP contribution is -2.10. The molecule has 60 heavy (non-hydrogen) atoms. The fourth-order valence-electron chi connectivity index (χ4n) is 8.04. The van der Waals surface area contributed by atoms with Crippen LogP contribution in [0, 0.1) is 0 Å². The van der Waals surface area contributed by atoms with Gasteiger partial charge in [-0.15, -0.1) is 6.58 Å². The van der Waals surface area contributed by atoms with E-state index in [0.717, 1.165) is 74.8 Å². The number of H-pyrrole nitrogens is 1. The first-order valence-electron chi connectivity index (χ1n) is 21.0. The summed E-state index contributed by atoms with van der Waals surface area (Å²) in [6.07, 6.45) is 12.3. The van der Waals surface area contributed by atoms with E-state index in [2.05, 4.69) is 170 Å². The van der Waals surface area contributed by atoms with Crippen molar-refractivity contribution < 1.29 is 0 Å². The van der Waals surface area contributed by atoms with Gasteiger partial charge in [-0.05, 0) is 97.1 Å². The van der Waals surface area contributed by atoms with Crippen molar-refractivity contribution in [2.75, 3.05) is 4.90 Å². The molecule has 0 fully saturated rings. The molecule has 0 bridgehead atoms. The van der Waals surface area contributed by atoms with Crippen molar-refractivity contribution in [1.82, 2.24) is 15.0 Å². The fraction of sp³-hybridized carbons (Fsp3) is 0.143. The highest BCUT2D eigenvalue weighted by molar-refractivity contribution is 6.08.